The maximum absolute atomic E-state index is 11.6. The average Bonchev–Trinajstić information content (AvgIpc) is 3.37. The molecule has 0 atom stereocenters. The Bertz CT molecular complexity index is 1440. The van der Waals surface area contributed by atoms with E-state index in [1.807, 2.05) is 42.6 Å². The Morgan fingerprint density at radius 1 is 1.09 bits per heavy atom. The van der Waals surface area contributed by atoms with Crippen molar-refractivity contribution in [1.82, 2.24) is 14.8 Å². The van der Waals surface area contributed by atoms with Gasteiger partial charge in [-0.25, -0.2) is 0 Å². The molecule has 1 aliphatic rings. The van der Waals surface area contributed by atoms with E-state index < -0.39 is 0 Å². The molecule has 1 saturated heterocycles. The lowest BCUT2D eigenvalue weighted by molar-refractivity contribution is 0.00578. The predicted molar refractivity (Wildman–Crippen MR) is 140 cm³/mol. The summed E-state index contributed by atoms with van der Waals surface area (Å²) in [5, 5.41) is 17.0. The molecule has 0 amide bonds. The SMILES string of the molecule is CC1(C)OB(c2ccc3cn[nH]c3c2)OC1(C)C.N#Cc1ccccc1Cn1cc(Br)ccc1=O. The quantitative estimate of drug-likeness (QED) is 0.395. The zero-order valence-electron chi connectivity index (χ0n) is 20.1. The van der Waals surface area contributed by atoms with Crippen molar-refractivity contribution in [3.8, 4) is 6.07 Å². The van der Waals surface area contributed by atoms with E-state index in [2.05, 4.69) is 59.9 Å². The van der Waals surface area contributed by atoms with Gasteiger partial charge < -0.3 is 13.9 Å². The van der Waals surface area contributed by atoms with Crippen LogP contribution in [-0.2, 0) is 15.9 Å². The zero-order chi connectivity index (χ0) is 25.2. The van der Waals surface area contributed by atoms with Gasteiger partial charge in [0.25, 0.3) is 5.56 Å². The maximum atomic E-state index is 11.6. The van der Waals surface area contributed by atoms with Crippen molar-refractivity contribution in [3.05, 3.63) is 92.9 Å². The molecule has 0 spiro atoms. The number of benzene rings is 2. The molecule has 2 aromatic heterocycles. The molecule has 0 bridgehead atoms. The number of hydrogen-bond donors (Lipinski definition) is 1. The second-order valence-electron chi connectivity index (χ2n) is 9.39. The topological polar surface area (TPSA) is 92.9 Å². The van der Waals surface area contributed by atoms with Crippen molar-refractivity contribution in [3.63, 3.8) is 0 Å². The third-order valence-corrected chi connectivity index (χ3v) is 6.89. The molecule has 2 aromatic carbocycles. The number of pyridine rings is 1. The van der Waals surface area contributed by atoms with Gasteiger partial charge in [-0.1, -0.05) is 30.3 Å². The number of aromatic nitrogens is 3. The monoisotopic (exact) mass is 532 g/mol. The smallest absolute Gasteiger partial charge is 0.399 e. The first-order valence-corrected chi connectivity index (χ1v) is 12.0. The summed E-state index contributed by atoms with van der Waals surface area (Å²) in [6, 6.07) is 18.7. The van der Waals surface area contributed by atoms with Gasteiger partial charge in [-0.05, 0) is 72.9 Å². The molecule has 0 aliphatic carbocycles. The molecule has 9 heteroatoms. The van der Waals surface area contributed by atoms with Gasteiger partial charge in [0.05, 0.1) is 41.1 Å². The van der Waals surface area contributed by atoms with Gasteiger partial charge in [0.2, 0.25) is 0 Å². The first kappa shape index (κ1) is 24.9. The van der Waals surface area contributed by atoms with Crippen LogP contribution in [-0.4, -0.2) is 33.1 Å². The van der Waals surface area contributed by atoms with Gasteiger partial charge in [-0.2, -0.15) is 10.4 Å². The predicted octanol–water partition coefficient (Wildman–Crippen LogP) is 4.39. The molecule has 1 aliphatic heterocycles. The Morgan fingerprint density at radius 3 is 2.51 bits per heavy atom. The molecule has 1 N–H and O–H groups in total. The van der Waals surface area contributed by atoms with Crippen molar-refractivity contribution in [2.24, 2.45) is 0 Å². The van der Waals surface area contributed by atoms with Gasteiger partial charge >= 0.3 is 7.12 Å². The van der Waals surface area contributed by atoms with Crippen molar-refractivity contribution in [2.45, 2.75) is 45.4 Å². The number of aromatic amines is 1. The average molecular weight is 533 g/mol. The molecule has 3 heterocycles. The van der Waals surface area contributed by atoms with Crippen LogP contribution < -0.4 is 11.0 Å². The number of nitriles is 1. The number of H-pyrrole nitrogens is 1. The molecule has 0 saturated carbocycles. The van der Waals surface area contributed by atoms with E-state index in [4.69, 9.17) is 14.6 Å². The normalized spacial score (nSPS) is 15.9. The Kier molecular flexibility index (Phi) is 6.99. The highest BCUT2D eigenvalue weighted by atomic mass is 79.9. The van der Waals surface area contributed by atoms with E-state index in [1.54, 1.807) is 22.9 Å². The lowest BCUT2D eigenvalue weighted by atomic mass is 9.79. The molecule has 178 valence electrons. The minimum atomic E-state index is -0.317. The number of hydrogen-bond acceptors (Lipinski definition) is 5. The Balaban J connectivity index is 0.000000165. The minimum Gasteiger partial charge on any atom is -0.399 e. The fourth-order valence-corrected chi connectivity index (χ4v) is 4.04. The second-order valence-corrected chi connectivity index (χ2v) is 10.3. The van der Waals surface area contributed by atoms with Crippen LogP contribution >= 0.6 is 15.9 Å². The Hall–Kier alpha value is -3.19. The largest absolute Gasteiger partial charge is 0.494 e. The summed E-state index contributed by atoms with van der Waals surface area (Å²) in [6.45, 7) is 8.63. The van der Waals surface area contributed by atoms with Gasteiger partial charge in [0, 0.05) is 22.1 Å². The Labute approximate surface area is 213 Å². The number of rotatable bonds is 3. The lowest BCUT2D eigenvalue weighted by Crippen LogP contribution is -2.41. The van der Waals surface area contributed by atoms with Crippen LogP contribution in [0.15, 0.2) is 76.3 Å². The molecule has 35 heavy (non-hydrogen) atoms. The second kappa shape index (κ2) is 9.82. The summed E-state index contributed by atoms with van der Waals surface area (Å²) in [7, 11) is -0.317. The van der Waals surface area contributed by atoms with Crippen LogP contribution in [0.3, 0.4) is 0 Å². The highest BCUT2D eigenvalue weighted by Crippen LogP contribution is 2.36. The van der Waals surface area contributed by atoms with E-state index in [0.717, 1.165) is 26.4 Å². The van der Waals surface area contributed by atoms with Gasteiger partial charge in [0.15, 0.2) is 0 Å². The fourth-order valence-electron chi connectivity index (χ4n) is 3.66. The van der Waals surface area contributed by atoms with Crippen molar-refractivity contribution in [1.29, 1.82) is 5.26 Å². The number of nitrogens with zero attached hydrogens (tertiary/aromatic N) is 3. The molecule has 1 fully saturated rings. The van der Waals surface area contributed by atoms with Crippen molar-refractivity contribution < 1.29 is 9.31 Å². The summed E-state index contributed by atoms with van der Waals surface area (Å²) in [6.07, 6.45) is 3.53. The first-order chi connectivity index (χ1) is 16.6. The van der Waals surface area contributed by atoms with E-state index in [9.17, 15) is 4.79 Å². The summed E-state index contributed by atoms with van der Waals surface area (Å²) in [5.74, 6) is 0. The van der Waals surface area contributed by atoms with E-state index in [0.29, 0.717) is 12.1 Å². The van der Waals surface area contributed by atoms with Gasteiger partial charge in [-0.3, -0.25) is 9.89 Å². The number of halogens is 1. The highest BCUT2D eigenvalue weighted by Gasteiger charge is 2.51. The minimum absolute atomic E-state index is 0.0825. The summed E-state index contributed by atoms with van der Waals surface area (Å²) >= 11 is 3.32. The molecule has 0 radical (unpaired) electrons. The summed E-state index contributed by atoms with van der Waals surface area (Å²) in [4.78, 5) is 11.6. The van der Waals surface area contributed by atoms with Crippen LogP contribution in [0.25, 0.3) is 10.9 Å². The van der Waals surface area contributed by atoms with E-state index in [-0.39, 0.29) is 23.9 Å². The van der Waals surface area contributed by atoms with E-state index in [1.165, 1.54) is 6.07 Å². The summed E-state index contributed by atoms with van der Waals surface area (Å²) < 4.78 is 14.4. The van der Waals surface area contributed by atoms with Gasteiger partial charge in [0.1, 0.15) is 0 Å². The van der Waals surface area contributed by atoms with Gasteiger partial charge in [-0.15, -0.1) is 0 Å². The Morgan fingerprint density at radius 2 is 1.80 bits per heavy atom. The fraction of sp³-hybridized carbons (Fsp3) is 0.269. The highest BCUT2D eigenvalue weighted by molar-refractivity contribution is 9.10. The number of fused-ring (bicyclic) bond motifs is 1. The molecule has 5 rings (SSSR count). The zero-order valence-corrected chi connectivity index (χ0v) is 21.7. The van der Waals surface area contributed by atoms with Crippen molar-refractivity contribution in [2.75, 3.05) is 0 Å². The lowest BCUT2D eigenvalue weighted by Gasteiger charge is -2.32. The standard InChI is InChI=1S/C13H17BN2O2.C13H9BrN2O/c1-12(2)13(3,4)18-14(17-12)10-6-5-9-8-15-16-11(9)7-10;14-12-5-6-13(17)16(9-12)8-11-4-2-1-3-10(11)7-15/h5-8H,1-4H3,(H,15,16);1-6,9H,8H2. The third-order valence-electron chi connectivity index (χ3n) is 6.42. The van der Waals surface area contributed by atoms with Crippen LogP contribution in [0.2, 0.25) is 0 Å². The van der Waals surface area contributed by atoms with E-state index >= 15 is 0 Å². The van der Waals surface area contributed by atoms with Crippen LogP contribution in [0.5, 0.6) is 0 Å². The van der Waals surface area contributed by atoms with Crippen LogP contribution in [0, 0.1) is 11.3 Å². The molecule has 0 unspecified atom stereocenters. The molecular formula is C26H26BBrN4O3. The molecule has 7 nitrogen and oxygen atoms in total. The number of nitrogens with one attached hydrogen (secondary N) is 1. The van der Waals surface area contributed by atoms with Crippen LogP contribution in [0.1, 0.15) is 38.8 Å². The molecule has 4 aromatic rings. The first-order valence-electron chi connectivity index (χ1n) is 11.2. The summed E-state index contributed by atoms with van der Waals surface area (Å²) in [5.41, 5.74) is 2.77. The van der Waals surface area contributed by atoms with Crippen LogP contribution in [0.4, 0.5) is 0 Å². The van der Waals surface area contributed by atoms with Crippen molar-refractivity contribution >= 4 is 39.4 Å². The maximum Gasteiger partial charge on any atom is 0.494 e. The third kappa shape index (κ3) is 5.40. The molecular weight excluding hydrogens is 507 g/mol.